The number of benzene rings is 2. The van der Waals surface area contributed by atoms with Gasteiger partial charge < -0.3 is 4.74 Å². The van der Waals surface area contributed by atoms with Crippen LogP contribution in [0.2, 0.25) is 0 Å². The molecule has 30 heavy (non-hydrogen) atoms. The molecule has 1 aromatic heterocycles. The van der Waals surface area contributed by atoms with Crippen LogP contribution >= 0.6 is 44.2 Å². The molecular weight excluding hydrogens is 526 g/mol. The highest BCUT2D eigenvalue weighted by Gasteiger charge is 2.04. The van der Waals surface area contributed by atoms with Crippen LogP contribution in [0.25, 0.3) is 11.3 Å². The van der Waals surface area contributed by atoms with E-state index in [1.165, 1.54) is 37.0 Å². The standard InChI is InChI=1S/C23H26BrN3OS.BrH/c1-2-3-4-5-8-15-28-22-10-7-6-9-19(22)16-25-27-23-26-21(17-29-23)18-11-13-20(24)14-12-18;/h6-7,9-14,16-17H,2-5,8,15H2,1H3,(H,26,27);1H/b25-16+;. The zero-order chi connectivity index (χ0) is 20.3. The van der Waals surface area contributed by atoms with E-state index in [0.29, 0.717) is 0 Å². The van der Waals surface area contributed by atoms with Gasteiger partial charge in [0, 0.05) is 21.0 Å². The van der Waals surface area contributed by atoms with Crippen LogP contribution < -0.4 is 10.2 Å². The van der Waals surface area contributed by atoms with Crippen molar-refractivity contribution in [2.24, 2.45) is 5.10 Å². The second-order valence-electron chi connectivity index (χ2n) is 6.72. The molecule has 0 atom stereocenters. The Morgan fingerprint density at radius 2 is 1.83 bits per heavy atom. The van der Waals surface area contributed by atoms with Crippen molar-refractivity contribution in [1.82, 2.24) is 4.98 Å². The lowest BCUT2D eigenvalue weighted by Crippen LogP contribution is -2.00. The topological polar surface area (TPSA) is 46.5 Å². The number of thiazole rings is 1. The van der Waals surface area contributed by atoms with Crippen LogP contribution in [0.15, 0.2) is 63.5 Å². The van der Waals surface area contributed by atoms with Crippen molar-refractivity contribution >= 4 is 55.6 Å². The number of unbranched alkanes of at least 4 members (excludes halogenated alkanes) is 4. The number of para-hydroxylation sites is 1. The average molecular weight is 553 g/mol. The number of halogens is 2. The van der Waals surface area contributed by atoms with E-state index in [-0.39, 0.29) is 17.0 Å². The van der Waals surface area contributed by atoms with Crippen LogP contribution in [-0.4, -0.2) is 17.8 Å². The minimum atomic E-state index is 0. The molecule has 3 aromatic rings. The van der Waals surface area contributed by atoms with Crippen molar-refractivity contribution in [3.63, 3.8) is 0 Å². The van der Waals surface area contributed by atoms with Gasteiger partial charge in [0.25, 0.3) is 0 Å². The van der Waals surface area contributed by atoms with Gasteiger partial charge in [0.05, 0.1) is 18.5 Å². The fourth-order valence-electron chi connectivity index (χ4n) is 2.84. The van der Waals surface area contributed by atoms with Crippen LogP contribution in [0.5, 0.6) is 5.75 Å². The Morgan fingerprint density at radius 3 is 2.63 bits per heavy atom. The third-order valence-electron chi connectivity index (χ3n) is 4.43. The Balaban J connectivity index is 0.00000320. The summed E-state index contributed by atoms with van der Waals surface area (Å²) >= 11 is 4.99. The van der Waals surface area contributed by atoms with Gasteiger partial charge in [0.2, 0.25) is 5.13 Å². The molecule has 1 heterocycles. The Labute approximate surface area is 201 Å². The molecule has 7 heteroatoms. The predicted octanol–water partition coefficient (Wildman–Crippen LogP) is 7.95. The number of hydrogen-bond acceptors (Lipinski definition) is 5. The van der Waals surface area contributed by atoms with Crippen LogP contribution in [0.1, 0.15) is 44.6 Å². The minimum absolute atomic E-state index is 0. The number of hydrogen-bond donors (Lipinski definition) is 1. The van der Waals surface area contributed by atoms with E-state index >= 15 is 0 Å². The van der Waals surface area contributed by atoms with E-state index in [0.717, 1.165) is 45.2 Å². The Morgan fingerprint density at radius 1 is 1.07 bits per heavy atom. The van der Waals surface area contributed by atoms with Crippen LogP contribution in [0.4, 0.5) is 5.13 Å². The molecule has 0 radical (unpaired) electrons. The Bertz CT molecular complexity index is 913. The lowest BCUT2D eigenvalue weighted by molar-refractivity contribution is 0.304. The van der Waals surface area contributed by atoms with Crippen molar-refractivity contribution in [3.05, 3.63) is 63.9 Å². The summed E-state index contributed by atoms with van der Waals surface area (Å²) in [6.07, 6.45) is 7.93. The highest BCUT2D eigenvalue weighted by molar-refractivity contribution is 9.10. The first-order chi connectivity index (χ1) is 14.3. The molecule has 0 bridgehead atoms. The van der Waals surface area contributed by atoms with Gasteiger partial charge in [-0.1, -0.05) is 72.8 Å². The largest absolute Gasteiger partial charge is 0.493 e. The molecule has 0 saturated carbocycles. The molecule has 3 rings (SSSR count). The van der Waals surface area contributed by atoms with E-state index in [1.54, 1.807) is 6.21 Å². The first kappa shape index (κ1) is 24.6. The summed E-state index contributed by atoms with van der Waals surface area (Å²) in [4.78, 5) is 4.60. The lowest BCUT2D eigenvalue weighted by Gasteiger charge is -2.08. The molecule has 4 nitrogen and oxygen atoms in total. The molecule has 0 aliphatic rings. The number of nitrogens with zero attached hydrogens (tertiary/aromatic N) is 2. The molecule has 1 N–H and O–H groups in total. The summed E-state index contributed by atoms with van der Waals surface area (Å²) in [5.41, 5.74) is 6.00. The van der Waals surface area contributed by atoms with Gasteiger partial charge in [-0.3, -0.25) is 5.43 Å². The summed E-state index contributed by atoms with van der Waals surface area (Å²) < 4.78 is 7.01. The van der Waals surface area contributed by atoms with E-state index < -0.39 is 0 Å². The highest BCUT2D eigenvalue weighted by Crippen LogP contribution is 2.26. The minimum Gasteiger partial charge on any atom is -0.493 e. The summed E-state index contributed by atoms with van der Waals surface area (Å²) in [5, 5.41) is 7.13. The second kappa shape index (κ2) is 13.6. The van der Waals surface area contributed by atoms with E-state index in [1.807, 2.05) is 53.9 Å². The number of hydrazone groups is 1. The number of nitrogens with one attached hydrogen (secondary N) is 1. The van der Waals surface area contributed by atoms with Gasteiger partial charge in [0.15, 0.2) is 0 Å². The third-order valence-corrected chi connectivity index (χ3v) is 5.71. The van der Waals surface area contributed by atoms with Crippen molar-refractivity contribution in [2.75, 3.05) is 12.0 Å². The number of aromatic nitrogens is 1. The van der Waals surface area contributed by atoms with E-state index in [4.69, 9.17) is 4.74 Å². The second-order valence-corrected chi connectivity index (χ2v) is 8.49. The number of ether oxygens (including phenoxy) is 1. The molecule has 2 aromatic carbocycles. The number of rotatable bonds is 11. The molecule has 160 valence electrons. The maximum atomic E-state index is 5.96. The molecule has 0 spiro atoms. The highest BCUT2D eigenvalue weighted by atomic mass is 79.9. The predicted molar refractivity (Wildman–Crippen MR) is 137 cm³/mol. The van der Waals surface area contributed by atoms with Crippen LogP contribution in [0.3, 0.4) is 0 Å². The average Bonchev–Trinajstić information content (AvgIpc) is 3.21. The Kier molecular flexibility index (Phi) is 11.1. The van der Waals surface area contributed by atoms with Gasteiger partial charge in [0.1, 0.15) is 5.75 Å². The van der Waals surface area contributed by atoms with Crippen molar-refractivity contribution in [3.8, 4) is 17.0 Å². The molecule has 0 aliphatic heterocycles. The monoisotopic (exact) mass is 551 g/mol. The lowest BCUT2D eigenvalue weighted by atomic mass is 10.2. The fraction of sp³-hybridized carbons (Fsp3) is 0.304. The smallest absolute Gasteiger partial charge is 0.203 e. The van der Waals surface area contributed by atoms with Gasteiger partial charge in [-0.25, -0.2) is 4.98 Å². The van der Waals surface area contributed by atoms with Gasteiger partial charge in [-0.15, -0.1) is 28.3 Å². The van der Waals surface area contributed by atoms with Crippen molar-refractivity contribution < 1.29 is 4.74 Å². The SMILES string of the molecule is Br.CCCCCCCOc1ccccc1/C=N/Nc1nc(-c2ccc(Br)cc2)cs1. The molecule has 0 fully saturated rings. The normalized spacial score (nSPS) is 10.7. The van der Waals surface area contributed by atoms with Crippen LogP contribution in [-0.2, 0) is 0 Å². The summed E-state index contributed by atoms with van der Waals surface area (Å²) in [5.74, 6) is 0.864. The Hall–Kier alpha value is -1.70. The zero-order valence-corrected chi connectivity index (χ0v) is 21.1. The van der Waals surface area contributed by atoms with E-state index in [9.17, 15) is 0 Å². The van der Waals surface area contributed by atoms with Crippen molar-refractivity contribution in [1.29, 1.82) is 0 Å². The van der Waals surface area contributed by atoms with Gasteiger partial charge in [-0.05, 0) is 30.7 Å². The molecule has 0 saturated heterocycles. The number of anilines is 1. The molecular formula is C23H27Br2N3OS. The van der Waals surface area contributed by atoms with Crippen LogP contribution in [0, 0.1) is 0 Å². The summed E-state index contributed by atoms with van der Waals surface area (Å²) in [7, 11) is 0. The molecule has 0 amide bonds. The maximum Gasteiger partial charge on any atom is 0.203 e. The molecule has 0 aliphatic carbocycles. The first-order valence-electron chi connectivity index (χ1n) is 9.98. The zero-order valence-electron chi connectivity index (χ0n) is 17.0. The maximum absolute atomic E-state index is 5.96. The van der Waals surface area contributed by atoms with Crippen molar-refractivity contribution in [2.45, 2.75) is 39.0 Å². The first-order valence-corrected chi connectivity index (χ1v) is 11.7. The molecule has 0 unspecified atom stereocenters. The van der Waals surface area contributed by atoms with Gasteiger partial charge in [-0.2, -0.15) is 5.10 Å². The van der Waals surface area contributed by atoms with Gasteiger partial charge >= 0.3 is 0 Å². The summed E-state index contributed by atoms with van der Waals surface area (Å²) in [6, 6.07) is 16.1. The fourth-order valence-corrected chi connectivity index (χ4v) is 3.77. The quantitative estimate of drug-likeness (QED) is 0.149. The van der Waals surface area contributed by atoms with E-state index in [2.05, 4.69) is 38.4 Å². The summed E-state index contributed by atoms with van der Waals surface area (Å²) in [6.45, 7) is 2.97. The third kappa shape index (κ3) is 7.85.